The van der Waals surface area contributed by atoms with Gasteiger partial charge in [0.15, 0.2) is 10.8 Å². The van der Waals surface area contributed by atoms with E-state index in [1.165, 1.54) is 18.5 Å². The van der Waals surface area contributed by atoms with Crippen LogP contribution in [0.2, 0.25) is 0 Å². The zero-order valence-corrected chi connectivity index (χ0v) is 12.4. The van der Waals surface area contributed by atoms with Gasteiger partial charge in [-0.3, -0.25) is 4.68 Å². The third-order valence-corrected chi connectivity index (χ3v) is 4.30. The van der Waals surface area contributed by atoms with Crippen molar-refractivity contribution in [1.82, 2.24) is 14.8 Å². The molecular weight excluding hydrogens is 281 g/mol. The maximum absolute atomic E-state index is 13.5. The highest BCUT2D eigenvalue weighted by Gasteiger charge is 2.23. The van der Waals surface area contributed by atoms with E-state index in [1.807, 2.05) is 20.8 Å². The van der Waals surface area contributed by atoms with Gasteiger partial charge in [0.1, 0.15) is 0 Å². The predicted octanol–water partition coefficient (Wildman–Crippen LogP) is 2.15. The highest BCUT2D eigenvalue weighted by Crippen LogP contribution is 2.19. The van der Waals surface area contributed by atoms with Crippen LogP contribution in [0.3, 0.4) is 0 Å². The Morgan fingerprint density at radius 2 is 2.05 bits per heavy atom. The lowest BCUT2D eigenvalue weighted by molar-refractivity contribution is 0.355. The minimum absolute atomic E-state index is 0.238. The van der Waals surface area contributed by atoms with E-state index in [0.29, 0.717) is 5.56 Å². The van der Waals surface area contributed by atoms with Crippen molar-refractivity contribution in [3.05, 3.63) is 42.1 Å². The predicted molar refractivity (Wildman–Crippen MR) is 72.3 cm³/mol. The molecule has 0 aliphatic carbocycles. The summed E-state index contributed by atoms with van der Waals surface area (Å²) in [5.74, 6) is -1.16. The fraction of sp³-hybridized carbons (Fsp3) is 0.385. The molecule has 2 heterocycles. The van der Waals surface area contributed by atoms with Gasteiger partial charge in [-0.25, -0.2) is 17.8 Å². The maximum Gasteiger partial charge on any atom is 0.202 e. The van der Waals surface area contributed by atoms with Gasteiger partial charge >= 0.3 is 0 Å². The molecule has 0 radical (unpaired) electrons. The molecule has 2 aromatic rings. The molecule has 0 aliphatic heterocycles. The SMILES string of the molecule is CC(C)(C)n1cc(CS(=O)(=O)c2ncccc2F)cn1. The van der Waals surface area contributed by atoms with Crippen LogP contribution < -0.4 is 0 Å². The van der Waals surface area contributed by atoms with Crippen LogP contribution in [0.1, 0.15) is 26.3 Å². The van der Waals surface area contributed by atoms with E-state index in [9.17, 15) is 12.8 Å². The summed E-state index contributed by atoms with van der Waals surface area (Å²) < 4.78 is 39.5. The van der Waals surface area contributed by atoms with Gasteiger partial charge in [-0.2, -0.15) is 5.10 Å². The van der Waals surface area contributed by atoms with Crippen LogP contribution >= 0.6 is 0 Å². The number of nitrogens with zero attached hydrogens (tertiary/aromatic N) is 3. The molecule has 5 nitrogen and oxygen atoms in total. The first-order valence-electron chi connectivity index (χ1n) is 6.07. The van der Waals surface area contributed by atoms with Gasteiger partial charge in [0, 0.05) is 18.0 Å². The van der Waals surface area contributed by atoms with Crippen LogP contribution in [0.4, 0.5) is 4.39 Å². The average Bonchev–Trinajstić information content (AvgIpc) is 2.76. The largest absolute Gasteiger partial charge is 0.267 e. The van der Waals surface area contributed by atoms with E-state index in [-0.39, 0.29) is 11.3 Å². The summed E-state index contributed by atoms with van der Waals surface area (Å²) in [6, 6.07) is 2.43. The monoisotopic (exact) mass is 297 g/mol. The molecule has 0 spiro atoms. The molecule has 0 bridgehead atoms. The Labute approximate surface area is 117 Å². The minimum atomic E-state index is -3.82. The molecule has 0 unspecified atom stereocenters. The molecule has 2 rings (SSSR count). The van der Waals surface area contributed by atoms with Crippen molar-refractivity contribution in [3.8, 4) is 0 Å². The first-order chi connectivity index (χ1) is 9.20. The van der Waals surface area contributed by atoms with E-state index >= 15 is 0 Å². The summed E-state index contributed by atoms with van der Waals surface area (Å²) >= 11 is 0. The van der Waals surface area contributed by atoms with Crippen LogP contribution in [0.15, 0.2) is 35.7 Å². The van der Waals surface area contributed by atoms with Crippen LogP contribution in [0.5, 0.6) is 0 Å². The average molecular weight is 297 g/mol. The van der Waals surface area contributed by atoms with Crippen molar-refractivity contribution < 1.29 is 12.8 Å². The van der Waals surface area contributed by atoms with Gasteiger partial charge < -0.3 is 0 Å². The molecule has 0 fully saturated rings. The molecule has 0 aromatic carbocycles. The highest BCUT2D eigenvalue weighted by molar-refractivity contribution is 7.90. The molecular formula is C13H16FN3O2S. The van der Waals surface area contributed by atoms with Gasteiger partial charge in [0.2, 0.25) is 9.84 Å². The van der Waals surface area contributed by atoms with Gasteiger partial charge in [-0.05, 0) is 32.9 Å². The molecule has 20 heavy (non-hydrogen) atoms. The van der Waals surface area contributed by atoms with E-state index in [4.69, 9.17) is 0 Å². The summed E-state index contributed by atoms with van der Waals surface area (Å²) in [5.41, 5.74) is 0.267. The first kappa shape index (κ1) is 14.6. The third-order valence-electron chi connectivity index (χ3n) is 2.70. The molecule has 0 amide bonds. The van der Waals surface area contributed by atoms with E-state index in [2.05, 4.69) is 10.1 Å². The first-order valence-corrected chi connectivity index (χ1v) is 7.73. The van der Waals surface area contributed by atoms with Crippen molar-refractivity contribution >= 4 is 9.84 Å². The second-order valence-electron chi connectivity index (χ2n) is 5.51. The Morgan fingerprint density at radius 3 is 2.60 bits per heavy atom. The number of halogens is 1. The molecule has 0 saturated carbocycles. The number of pyridine rings is 1. The normalized spacial score (nSPS) is 12.6. The molecule has 7 heteroatoms. The summed E-state index contributed by atoms with van der Waals surface area (Å²) in [4.78, 5) is 3.61. The summed E-state index contributed by atoms with van der Waals surface area (Å²) in [7, 11) is -3.82. The number of sulfone groups is 1. The molecule has 108 valence electrons. The fourth-order valence-corrected chi connectivity index (χ4v) is 3.00. The van der Waals surface area contributed by atoms with Gasteiger partial charge in [0.05, 0.1) is 17.5 Å². The Morgan fingerprint density at radius 1 is 1.35 bits per heavy atom. The smallest absolute Gasteiger partial charge is 0.202 e. The quantitative estimate of drug-likeness (QED) is 0.870. The molecule has 0 atom stereocenters. The topological polar surface area (TPSA) is 64.8 Å². The lowest BCUT2D eigenvalue weighted by Crippen LogP contribution is -2.22. The zero-order valence-electron chi connectivity index (χ0n) is 11.5. The summed E-state index contributed by atoms with van der Waals surface area (Å²) in [6.07, 6.45) is 4.39. The van der Waals surface area contributed by atoms with E-state index in [1.54, 1.807) is 10.9 Å². The lowest BCUT2D eigenvalue weighted by atomic mass is 10.1. The number of hydrogen-bond acceptors (Lipinski definition) is 4. The van der Waals surface area contributed by atoms with Crippen LogP contribution in [-0.4, -0.2) is 23.2 Å². The highest BCUT2D eigenvalue weighted by atomic mass is 32.2. The van der Waals surface area contributed by atoms with E-state index in [0.717, 1.165) is 6.07 Å². The Hall–Kier alpha value is -1.76. The molecule has 2 aromatic heterocycles. The van der Waals surface area contributed by atoms with E-state index < -0.39 is 20.7 Å². The lowest BCUT2D eigenvalue weighted by Gasteiger charge is -2.18. The Balaban J connectivity index is 2.30. The maximum atomic E-state index is 13.5. The van der Waals surface area contributed by atoms with Crippen LogP contribution in [-0.2, 0) is 21.1 Å². The van der Waals surface area contributed by atoms with Gasteiger partial charge in [-0.15, -0.1) is 0 Å². The number of rotatable bonds is 3. The summed E-state index contributed by atoms with van der Waals surface area (Å²) in [5, 5.41) is 3.60. The Kier molecular flexibility index (Phi) is 3.64. The summed E-state index contributed by atoms with van der Waals surface area (Å²) in [6.45, 7) is 5.87. The third kappa shape index (κ3) is 3.04. The van der Waals surface area contributed by atoms with Crippen LogP contribution in [0, 0.1) is 5.82 Å². The number of hydrogen-bond donors (Lipinski definition) is 0. The van der Waals surface area contributed by atoms with Crippen molar-refractivity contribution in [2.24, 2.45) is 0 Å². The second-order valence-corrected chi connectivity index (χ2v) is 7.42. The molecule has 0 N–H and O–H groups in total. The standard InChI is InChI=1S/C13H16FN3O2S/c1-13(2,3)17-8-10(7-16-17)9-20(18,19)12-11(14)5-4-6-15-12/h4-8H,9H2,1-3H3. The van der Waals surface area contributed by atoms with Crippen molar-refractivity contribution in [2.75, 3.05) is 0 Å². The van der Waals surface area contributed by atoms with Crippen molar-refractivity contribution in [3.63, 3.8) is 0 Å². The molecule has 0 saturated heterocycles. The fourth-order valence-electron chi connectivity index (χ4n) is 1.69. The second kappa shape index (κ2) is 4.97. The minimum Gasteiger partial charge on any atom is -0.267 e. The van der Waals surface area contributed by atoms with Crippen molar-refractivity contribution in [2.45, 2.75) is 37.1 Å². The molecule has 0 aliphatic rings. The van der Waals surface area contributed by atoms with Crippen molar-refractivity contribution in [1.29, 1.82) is 0 Å². The number of aromatic nitrogens is 3. The zero-order chi connectivity index (χ0) is 15.0. The Bertz CT molecular complexity index is 717. The van der Waals surface area contributed by atoms with Gasteiger partial charge in [0.25, 0.3) is 0 Å². The van der Waals surface area contributed by atoms with Gasteiger partial charge in [-0.1, -0.05) is 0 Å². The van der Waals surface area contributed by atoms with Crippen LogP contribution in [0.25, 0.3) is 0 Å².